The Morgan fingerprint density at radius 1 is 1.38 bits per heavy atom. The molecule has 0 aromatic heterocycles. The summed E-state index contributed by atoms with van der Waals surface area (Å²) >= 11 is 5.55. The normalized spacial score (nSPS) is 19.9. The zero-order chi connectivity index (χ0) is 11.7. The molecule has 1 aromatic carbocycles. The highest BCUT2D eigenvalue weighted by atomic mass is 35.5. The van der Waals surface area contributed by atoms with E-state index in [1.54, 1.807) is 0 Å². The fourth-order valence-electron chi connectivity index (χ4n) is 1.14. The Bertz CT molecular complexity index is 454. The lowest BCUT2D eigenvalue weighted by Gasteiger charge is -2.08. The largest absolute Gasteiger partial charge is 0.453 e. The van der Waals surface area contributed by atoms with Crippen molar-refractivity contribution in [3.63, 3.8) is 0 Å². The summed E-state index contributed by atoms with van der Waals surface area (Å²) in [5.74, 6) is -1.23. The number of carbonyl (C=O) groups excluding carboxylic acids is 1. The number of carbonyl (C=O) groups is 1. The molecule has 84 valence electrons. The summed E-state index contributed by atoms with van der Waals surface area (Å²) < 4.78 is 22.1. The highest BCUT2D eigenvalue weighted by Gasteiger charge is 2.34. The summed E-state index contributed by atoms with van der Waals surface area (Å²) in [7, 11) is 0. The Balaban J connectivity index is 2.22. The van der Waals surface area contributed by atoms with Crippen molar-refractivity contribution < 1.29 is 23.8 Å². The molecule has 0 bridgehead atoms. The molecular formula is C10H6ClFO4. The van der Waals surface area contributed by atoms with Crippen LogP contribution in [-0.4, -0.2) is 17.4 Å². The molecular weight excluding hydrogens is 239 g/mol. The molecule has 1 aromatic rings. The van der Waals surface area contributed by atoms with E-state index < -0.39 is 18.1 Å². The fourth-order valence-corrected chi connectivity index (χ4v) is 1.32. The fraction of sp³-hybridized carbons (Fsp3) is 0.100. The standard InChI is InChI=1S/C10H6ClFO4/c11-7-8(10(14)16-9(7)13)15-6-3-1-5(12)2-4-6/h1-4,10,14H. The summed E-state index contributed by atoms with van der Waals surface area (Å²) in [6.07, 6.45) is -1.52. The summed E-state index contributed by atoms with van der Waals surface area (Å²) in [6.45, 7) is 0. The third-order valence-electron chi connectivity index (χ3n) is 1.88. The molecule has 1 aliphatic rings. The van der Waals surface area contributed by atoms with Crippen molar-refractivity contribution in [1.82, 2.24) is 0 Å². The molecule has 6 heteroatoms. The van der Waals surface area contributed by atoms with Crippen molar-refractivity contribution >= 4 is 17.6 Å². The van der Waals surface area contributed by atoms with Crippen LogP contribution in [0.15, 0.2) is 35.1 Å². The van der Waals surface area contributed by atoms with Gasteiger partial charge in [0.2, 0.25) is 0 Å². The minimum absolute atomic E-state index is 0.196. The number of esters is 1. The number of aliphatic hydroxyl groups excluding tert-OH is 1. The lowest BCUT2D eigenvalue weighted by atomic mass is 10.3. The van der Waals surface area contributed by atoms with Gasteiger partial charge in [-0.25, -0.2) is 9.18 Å². The molecule has 1 atom stereocenters. The molecule has 1 aliphatic heterocycles. The topological polar surface area (TPSA) is 55.8 Å². The molecule has 0 saturated heterocycles. The number of ether oxygens (including phenoxy) is 2. The van der Waals surface area contributed by atoms with Crippen LogP contribution in [0.2, 0.25) is 0 Å². The van der Waals surface area contributed by atoms with Gasteiger partial charge in [-0.1, -0.05) is 11.6 Å². The second kappa shape index (κ2) is 4.11. The number of rotatable bonds is 2. The zero-order valence-corrected chi connectivity index (χ0v) is 8.57. The van der Waals surface area contributed by atoms with Crippen molar-refractivity contribution in [2.45, 2.75) is 6.29 Å². The van der Waals surface area contributed by atoms with Crippen LogP contribution in [-0.2, 0) is 9.53 Å². The molecule has 4 nitrogen and oxygen atoms in total. The van der Waals surface area contributed by atoms with Crippen LogP contribution < -0.4 is 4.74 Å². The zero-order valence-electron chi connectivity index (χ0n) is 7.81. The van der Waals surface area contributed by atoms with E-state index in [0.717, 1.165) is 0 Å². The van der Waals surface area contributed by atoms with Crippen LogP contribution in [0.4, 0.5) is 4.39 Å². The predicted octanol–water partition coefficient (Wildman–Crippen LogP) is 1.53. The maximum absolute atomic E-state index is 12.6. The second-order valence-electron chi connectivity index (χ2n) is 2.99. The van der Waals surface area contributed by atoms with Crippen LogP contribution in [0.1, 0.15) is 0 Å². The molecule has 0 saturated carbocycles. The summed E-state index contributed by atoms with van der Waals surface area (Å²) in [5, 5.41) is 8.94. The predicted molar refractivity (Wildman–Crippen MR) is 52.0 cm³/mol. The average Bonchev–Trinajstić information content (AvgIpc) is 2.48. The minimum atomic E-state index is -1.52. The molecule has 1 heterocycles. The summed E-state index contributed by atoms with van der Waals surface area (Å²) in [5.41, 5.74) is 0. The van der Waals surface area contributed by atoms with Gasteiger partial charge in [-0.3, -0.25) is 0 Å². The van der Waals surface area contributed by atoms with E-state index in [0.29, 0.717) is 0 Å². The highest BCUT2D eigenvalue weighted by molar-refractivity contribution is 6.42. The summed E-state index contributed by atoms with van der Waals surface area (Å²) in [6, 6.07) is 5.02. The highest BCUT2D eigenvalue weighted by Crippen LogP contribution is 2.27. The van der Waals surface area contributed by atoms with Crippen molar-refractivity contribution in [2.75, 3.05) is 0 Å². The van der Waals surface area contributed by atoms with Crippen molar-refractivity contribution in [1.29, 1.82) is 0 Å². The monoisotopic (exact) mass is 244 g/mol. The average molecular weight is 245 g/mol. The van der Waals surface area contributed by atoms with E-state index in [1.807, 2.05) is 0 Å². The van der Waals surface area contributed by atoms with Gasteiger partial charge in [0.25, 0.3) is 6.29 Å². The van der Waals surface area contributed by atoms with Crippen molar-refractivity contribution in [3.05, 3.63) is 40.9 Å². The number of aliphatic hydroxyl groups is 1. The minimum Gasteiger partial charge on any atom is -0.453 e. The second-order valence-corrected chi connectivity index (χ2v) is 3.37. The third kappa shape index (κ3) is 2.00. The SMILES string of the molecule is O=C1OC(O)C(Oc2ccc(F)cc2)=C1Cl. The van der Waals surface area contributed by atoms with Crippen LogP contribution in [0, 0.1) is 5.82 Å². The Morgan fingerprint density at radius 2 is 2.00 bits per heavy atom. The quantitative estimate of drug-likeness (QED) is 0.802. The van der Waals surface area contributed by atoms with Crippen molar-refractivity contribution in [2.24, 2.45) is 0 Å². The van der Waals surface area contributed by atoms with E-state index in [-0.39, 0.29) is 16.5 Å². The molecule has 1 N–H and O–H groups in total. The third-order valence-corrected chi connectivity index (χ3v) is 2.22. The van der Waals surface area contributed by atoms with E-state index in [4.69, 9.17) is 16.3 Å². The van der Waals surface area contributed by atoms with Gasteiger partial charge in [0.1, 0.15) is 11.6 Å². The lowest BCUT2D eigenvalue weighted by molar-refractivity contribution is -0.153. The van der Waals surface area contributed by atoms with Gasteiger partial charge in [0, 0.05) is 0 Å². The van der Waals surface area contributed by atoms with Crippen LogP contribution in [0.25, 0.3) is 0 Å². The van der Waals surface area contributed by atoms with Gasteiger partial charge in [-0.2, -0.15) is 0 Å². The molecule has 0 radical (unpaired) electrons. The first-order chi connectivity index (χ1) is 7.58. The van der Waals surface area contributed by atoms with Crippen LogP contribution >= 0.6 is 11.6 Å². The van der Waals surface area contributed by atoms with E-state index >= 15 is 0 Å². The number of halogens is 2. The first-order valence-corrected chi connectivity index (χ1v) is 4.68. The van der Waals surface area contributed by atoms with Gasteiger partial charge in [-0.05, 0) is 24.3 Å². The Labute approximate surface area is 94.8 Å². The summed E-state index contributed by atoms with van der Waals surface area (Å²) in [4.78, 5) is 10.9. The maximum Gasteiger partial charge on any atom is 0.356 e. The van der Waals surface area contributed by atoms with Gasteiger partial charge in [0.15, 0.2) is 10.8 Å². The molecule has 0 amide bonds. The number of hydrogen-bond acceptors (Lipinski definition) is 4. The van der Waals surface area contributed by atoms with Gasteiger partial charge in [0.05, 0.1) is 0 Å². The number of benzene rings is 1. The molecule has 0 fully saturated rings. The van der Waals surface area contributed by atoms with E-state index in [1.165, 1.54) is 24.3 Å². The first-order valence-electron chi connectivity index (χ1n) is 4.30. The van der Waals surface area contributed by atoms with Crippen LogP contribution in [0.3, 0.4) is 0 Å². The lowest BCUT2D eigenvalue weighted by Crippen LogP contribution is -2.13. The number of hydrogen-bond donors (Lipinski definition) is 1. The van der Waals surface area contributed by atoms with Gasteiger partial charge < -0.3 is 14.6 Å². The smallest absolute Gasteiger partial charge is 0.356 e. The molecule has 1 unspecified atom stereocenters. The van der Waals surface area contributed by atoms with Gasteiger partial charge >= 0.3 is 5.97 Å². The molecule has 0 aliphatic carbocycles. The number of cyclic esters (lactones) is 1. The van der Waals surface area contributed by atoms with E-state index in [2.05, 4.69) is 4.74 Å². The maximum atomic E-state index is 12.6. The molecule has 0 spiro atoms. The molecule has 16 heavy (non-hydrogen) atoms. The van der Waals surface area contributed by atoms with Gasteiger partial charge in [-0.15, -0.1) is 0 Å². The van der Waals surface area contributed by atoms with Crippen LogP contribution in [0.5, 0.6) is 5.75 Å². The Kier molecular flexibility index (Phi) is 2.80. The van der Waals surface area contributed by atoms with Crippen molar-refractivity contribution in [3.8, 4) is 5.75 Å². The Morgan fingerprint density at radius 3 is 2.50 bits per heavy atom. The first kappa shape index (κ1) is 10.9. The molecule has 2 rings (SSSR count). The van der Waals surface area contributed by atoms with E-state index in [9.17, 15) is 14.3 Å². The Hall–Kier alpha value is -1.59.